The quantitative estimate of drug-likeness (QED) is 0.683. The molecule has 1 fully saturated rings. The van der Waals surface area contributed by atoms with Crippen molar-refractivity contribution in [3.05, 3.63) is 53.9 Å². The van der Waals surface area contributed by atoms with E-state index in [4.69, 9.17) is 14.6 Å². The van der Waals surface area contributed by atoms with E-state index in [-0.39, 0.29) is 30.9 Å². The lowest BCUT2D eigenvalue weighted by Crippen LogP contribution is -2.56. The van der Waals surface area contributed by atoms with Crippen LogP contribution >= 0.6 is 0 Å². The average molecular weight is 416 g/mol. The highest BCUT2D eigenvalue weighted by Crippen LogP contribution is 2.32. The van der Waals surface area contributed by atoms with Crippen LogP contribution in [0.25, 0.3) is 0 Å². The lowest BCUT2D eigenvalue weighted by molar-refractivity contribution is -0.167. The second kappa shape index (κ2) is 11.1. The summed E-state index contributed by atoms with van der Waals surface area (Å²) in [5, 5.41) is 14.0. The van der Waals surface area contributed by atoms with Gasteiger partial charge in [0, 0.05) is 25.8 Å². The lowest BCUT2D eigenvalue weighted by Gasteiger charge is -2.42. The Morgan fingerprint density at radius 3 is 2.60 bits per heavy atom. The zero-order chi connectivity index (χ0) is 22.1. The largest absolute Gasteiger partial charge is 0.483 e. The Hall–Kier alpha value is -3.20. The molecular formula is C21H28N4O5. The van der Waals surface area contributed by atoms with Crippen molar-refractivity contribution in [2.24, 2.45) is 7.05 Å². The SMILES string of the molecule is CC(C)N1C(=O)CO[C@H](C(=O)NCCc2cnn(C)c2)[C@H]1c1ccccc1.O=CO. The lowest BCUT2D eigenvalue weighted by atomic mass is 9.95. The number of carbonyl (C=O) groups is 3. The third-order valence-corrected chi connectivity index (χ3v) is 4.69. The summed E-state index contributed by atoms with van der Waals surface area (Å²) in [5.74, 6) is -0.302. The summed E-state index contributed by atoms with van der Waals surface area (Å²) >= 11 is 0. The first kappa shape index (κ1) is 23.1. The van der Waals surface area contributed by atoms with E-state index in [9.17, 15) is 9.59 Å². The van der Waals surface area contributed by atoms with Gasteiger partial charge in [0.25, 0.3) is 12.4 Å². The number of nitrogens with one attached hydrogen (secondary N) is 1. The van der Waals surface area contributed by atoms with Gasteiger partial charge in [-0.15, -0.1) is 0 Å². The summed E-state index contributed by atoms with van der Waals surface area (Å²) < 4.78 is 7.42. The van der Waals surface area contributed by atoms with E-state index in [1.54, 1.807) is 15.8 Å². The van der Waals surface area contributed by atoms with Gasteiger partial charge in [-0.2, -0.15) is 5.10 Å². The Bertz CT molecular complexity index is 837. The number of rotatable bonds is 6. The maximum atomic E-state index is 12.9. The van der Waals surface area contributed by atoms with E-state index in [0.29, 0.717) is 13.0 Å². The molecule has 2 atom stereocenters. The highest BCUT2D eigenvalue weighted by molar-refractivity contribution is 5.86. The van der Waals surface area contributed by atoms with Gasteiger partial charge in [-0.05, 0) is 31.4 Å². The molecule has 0 saturated carbocycles. The fourth-order valence-corrected chi connectivity index (χ4v) is 3.47. The van der Waals surface area contributed by atoms with Gasteiger partial charge in [-0.3, -0.25) is 19.1 Å². The zero-order valence-corrected chi connectivity index (χ0v) is 17.4. The van der Waals surface area contributed by atoms with Crippen LogP contribution in [-0.4, -0.2) is 63.4 Å². The van der Waals surface area contributed by atoms with Crippen LogP contribution in [0.15, 0.2) is 42.7 Å². The topological polar surface area (TPSA) is 114 Å². The van der Waals surface area contributed by atoms with Crippen molar-refractivity contribution in [2.75, 3.05) is 13.2 Å². The molecule has 0 spiro atoms. The first-order valence-electron chi connectivity index (χ1n) is 9.69. The molecule has 2 heterocycles. The van der Waals surface area contributed by atoms with Crippen LogP contribution in [0.2, 0.25) is 0 Å². The highest BCUT2D eigenvalue weighted by atomic mass is 16.5. The number of amides is 2. The predicted octanol–water partition coefficient (Wildman–Crippen LogP) is 1.16. The van der Waals surface area contributed by atoms with Gasteiger partial charge in [0.15, 0.2) is 6.10 Å². The van der Waals surface area contributed by atoms with Crippen molar-refractivity contribution in [1.29, 1.82) is 0 Å². The Kier molecular flexibility index (Phi) is 8.54. The first-order valence-corrected chi connectivity index (χ1v) is 9.69. The van der Waals surface area contributed by atoms with Gasteiger partial charge >= 0.3 is 0 Å². The van der Waals surface area contributed by atoms with Crippen molar-refractivity contribution in [3.63, 3.8) is 0 Å². The Balaban J connectivity index is 0.00000101. The zero-order valence-electron chi connectivity index (χ0n) is 17.4. The maximum absolute atomic E-state index is 12.9. The standard InChI is InChI=1S/C20H26N4O3.CH2O2/c1-14(2)24-17(25)13-27-19(18(24)16-7-5-4-6-8-16)20(26)21-10-9-15-11-22-23(3)12-15;2-1-3/h4-8,11-12,14,18-19H,9-10,13H2,1-3H3,(H,21,26);1H,(H,2,3)/t18-,19+;/m1./s1. The molecule has 1 aromatic heterocycles. The molecular weight excluding hydrogens is 388 g/mol. The molecule has 0 radical (unpaired) electrons. The summed E-state index contributed by atoms with van der Waals surface area (Å²) in [7, 11) is 1.86. The highest BCUT2D eigenvalue weighted by Gasteiger charge is 2.42. The van der Waals surface area contributed by atoms with Gasteiger partial charge in [0.05, 0.1) is 12.2 Å². The van der Waals surface area contributed by atoms with Gasteiger partial charge in [-0.1, -0.05) is 30.3 Å². The summed E-state index contributed by atoms with van der Waals surface area (Å²) in [6, 6.07) is 9.12. The van der Waals surface area contributed by atoms with Crippen molar-refractivity contribution in [1.82, 2.24) is 20.0 Å². The third-order valence-electron chi connectivity index (χ3n) is 4.69. The number of carbonyl (C=O) groups excluding carboxylic acids is 2. The maximum Gasteiger partial charge on any atom is 0.290 e. The van der Waals surface area contributed by atoms with Gasteiger partial charge in [0.2, 0.25) is 5.91 Å². The molecule has 2 N–H and O–H groups in total. The monoisotopic (exact) mass is 416 g/mol. The Labute approximate surface area is 175 Å². The summed E-state index contributed by atoms with van der Waals surface area (Å²) in [6.07, 6.45) is 3.67. The molecule has 30 heavy (non-hydrogen) atoms. The number of nitrogens with zero attached hydrogens (tertiary/aromatic N) is 3. The smallest absolute Gasteiger partial charge is 0.290 e. The van der Waals surface area contributed by atoms with Crippen LogP contribution in [0, 0.1) is 0 Å². The molecule has 9 nitrogen and oxygen atoms in total. The number of hydrogen-bond acceptors (Lipinski definition) is 5. The minimum Gasteiger partial charge on any atom is -0.483 e. The molecule has 3 rings (SSSR count). The molecule has 0 bridgehead atoms. The van der Waals surface area contributed by atoms with Crippen LogP contribution in [0.5, 0.6) is 0 Å². The number of morpholine rings is 1. The van der Waals surface area contributed by atoms with Crippen molar-refractivity contribution >= 4 is 18.3 Å². The van der Waals surface area contributed by atoms with E-state index in [1.165, 1.54) is 0 Å². The first-order chi connectivity index (χ1) is 14.4. The normalized spacial score (nSPS) is 18.5. The van der Waals surface area contributed by atoms with Gasteiger partial charge < -0.3 is 20.1 Å². The summed E-state index contributed by atoms with van der Waals surface area (Å²) in [4.78, 5) is 35.4. The summed E-state index contributed by atoms with van der Waals surface area (Å²) in [6.45, 7) is 4.07. The van der Waals surface area contributed by atoms with Crippen molar-refractivity contribution < 1.29 is 24.2 Å². The Morgan fingerprint density at radius 1 is 1.37 bits per heavy atom. The van der Waals surface area contributed by atoms with E-state index in [1.807, 2.05) is 57.4 Å². The fourth-order valence-electron chi connectivity index (χ4n) is 3.47. The molecule has 0 aliphatic carbocycles. The fraction of sp³-hybridized carbons (Fsp3) is 0.429. The van der Waals surface area contributed by atoms with Crippen LogP contribution in [-0.2, 0) is 32.6 Å². The van der Waals surface area contributed by atoms with Crippen LogP contribution in [0.1, 0.15) is 31.0 Å². The molecule has 1 aliphatic rings. The molecule has 162 valence electrons. The molecule has 1 aromatic carbocycles. The molecule has 2 aromatic rings. The van der Waals surface area contributed by atoms with E-state index in [2.05, 4.69) is 10.4 Å². The minimum atomic E-state index is -0.735. The summed E-state index contributed by atoms with van der Waals surface area (Å²) in [5.41, 5.74) is 1.95. The molecule has 1 aliphatic heterocycles. The molecule has 9 heteroatoms. The van der Waals surface area contributed by atoms with E-state index in [0.717, 1.165) is 11.1 Å². The van der Waals surface area contributed by atoms with Crippen LogP contribution in [0.4, 0.5) is 0 Å². The van der Waals surface area contributed by atoms with Gasteiger partial charge in [-0.25, -0.2) is 0 Å². The molecule has 1 saturated heterocycles. The van der Waals surface area contributed by atoms with Crippen molar-refractivity contribution in [2.45, 2.75) is 38.5 Å². The predicted molar refractivity (Wildman–Crippen MR) is 110 cm³/mol. The van der Waals surface area contributed by atoms with E-state index >= 15 is 0 Å². The van der Waals surface area contributed by atoms with Crippen LogP contribution in [0.3, 0.4) is 0 Å². The molecule has 0 unspecified atom stereocenters. The Morgan fingerprint density at radius 2 is 2.03 bits per heavy atom. The third kappa shape index (κ3) is 5.90. The van der Waals surface area contributed by atoms with Crippen LogP contribution < -0.4 is 5.32 Å². The number of hydrogen-bond donors (Lipinski definition) is 2. The van der Waals surface area contributed by atoms with Crippen molar-refractivity contribution in [3.8, 4) is 0 Å². The second-order valence-corrected chi connectivity index (χ2v) is 7.15. The average Bonchev–Trinajstić information content (AvgIpc) is 3.13. The minimum absolute atomic E-state index is 0.0303. The number of ether oxygens (including phenoxy) is 1. The molecule has 2 amide bonds. The second-order valence-electron chi connectivity index (χ2n) is 7.15. The van der Waals surface area contributed by atoms with Gasteiger partial charge in [0.1, 0.15) is 6.61 Å². The number of carboxylic acid groups (broad SMARTS) is 1. The number of aromatic nitrogens is 2. The number of benzene rings is 1. The van der Waals surface area contributed by atoms with E-state index < -0.39 is 12.1 Å². The number of aryl methyl sites for hydroxylation is 1.